The van der Waals surface area contributed by atoms with Crippen LogP contribution < -0.4 is 5.73 Å². The van der Waals surface area contributed by atoms with Crippen LogP contribution in [0.1, 0.15) is 30.5 Å². The van der Waals surface area contributed by atoms with Crippen LogP contribution in [0.3, 0.4) is 0 Å². The lowest BCUT2D eigenvalue weighted by molar-refractivity contribution is 0.116. The summed E-state index contributed by atoms with van der Waals surface area (Å²) in [7, 11) is 0. The Kier molecular flexibility index (Phi) is 4.01. The summed E-state index contributed by atoms with van der Waals surface area (Å²) in [5.74, 6) is 0. The minimum atomic E-state index is -2.49. The van der Waals surface area contributed by atoms with Gasteiger partial charge in [0, 0.05) is 0 Å². The second-order valence-corrected chi connectivity index (χ2v) is 3.36. The minimum absolute atomic E-state index is 0.519. The zero-order valence-corrected chi connectivity index (χ0v) is 8.21. The molecule has 0 amide bonds. The quantitative estimate of drug-likeness (QED) is 0.792. The number of halogens is 2. The third-order valence-electron chi connectivity index (χ3n) is 2.15. The van der Waals surface area contributed by atoms with Crippen molar-refractivity contribution >= 4 is 0 Å². The van der Waals surface area contributed by atoms with E-state index in [1.165, 1.54) is 0 Å². The molecule has 1 atom stereocenters. The van der Waals surface area contributed by atoms with Gasteiger partial charge in [-0.2, -0.15) is 0 Å². The lowest BCUT2D eigenvalue weighted by atomic mass is 10.0. The van der Waals surface area contributed by atoms with Crippen LogP contribution in [0, 0.1) is 0 Å². The van der Waals surface area contributed by atoms with Crippen molar-refractivity contribution in [1.82, 2.24) is 0 Å². The molecule has 14 heavy (non-hydrogen) atoms. The molecule has 0 saturated heterocycles. The Bertz CT molecular complexity index is 286. The van der Waals surface area contributed by atoms with E-state index in [1.807, 2.05) is 6.07 Å². The highest BCUT2D eigenvalue weighted by atomic mass is 19.3. The van der Waals surface area contributed by atoms with Crippen LogP contribution in [-0.4, -0.2) is 6.43 Å². The highest BCUT2D eigenvalue weighted by Gasteiger charge is 2.17. The second-order valence-electron chi connectivity index (χ2n) is 3.36. The SMILES string of the molecule is CCCc1cccc(C(N)C(F)F)c1. The summed E-state index contributed by atoms with van der Waals surface area (Å²) in [6.07, 6.45) is -0.580. The molecule has 3 heteroatoms. The molecule has 1 rings (SSSR count). The molecule has 0 aromatic heterocycles. The van der Waals surface area contributed by atoms with Gasteiger partial charge in [-0.05, 0) is 17.5 Å². The largest absolute Gasteiger partial charge is 0.319 e. The van der Waals surface area contributed by atoms with Gasteiger partial charge in [-0.3, -0.25) is 0 Å². The Labute approximate surface area is 82.9 Å². The molecule has 0 bridgehead atoms. The number of nitrogens with two attached hydrogens (primary N) is 1. The molecule has 0 saturated carbocycles. The first-order valence-electron chi connectivity index (χ1n) is 4.77. The monoisotopic (exact) mass is 199 g/mol. The fraction of sp³-hybridized carbons (Fsp3) is 0.455. The van der Waals surface area contributed by atoms with Crippen molar-refractivity contribution < 1.29 is 8.78 Å². The number of rotatable bonds is 4. The van der Waals surface area contributed by atoms with E-state index >= 15 is 0 Å². The van der Waals surface area contributed by atoms with Crippen LogP contribution in [0.5, 0.6) is 0 Å². The zero-order valence-electron chi connectivity index (χ0n) is 8.21. The third-order valence-corrected chi connectivity index (χ3v) is 2.15. The summed E-state index contributed by atoms with van der Waals surface area (Å²) in [6, 6.07) is 5.97. The van der Waals surface area contributed by atoms with E-state index in [1.54, 1.807) is 18.2 Å². The van der Waals surface area contributed by atoms with Gasteiger partial charge in [0.25, 0.3) is 6.43 Å². The highest BCUT2D eigenvalue weighted by molar-refractivity contribution is 5.26. The molecule has 0 aliphatic carbocycles. The number of aryl methyl sites for hydroxylation is 1. The van der Waals surface area contributed by atoms with E-state index in [9.17, 15) is 8.78 Å². The first-order valence-corrected chi connectivity index (χ1v) is 4.77. The molecule has 2 N–H and O–H groups in total. The minimum Gasteiger partial charge on any atom is -0.319 e. The Hall–Kier alpha value is -0.960. The molecule has 1 aromatic rings. The van der Waals surface area contributed by atoms with Gasteiger partial charge < -0.3 is 5.73 Å². The average Bonchev–Trinajstić information content (AvgIpc) is 2.17. The predicted octanol–water partition coefficient (Wildman–Crippen LogP) is 2.90. The first-order chi connectivity index (χ1) is 6.65. The van der Waals surface area contributed by atoms with Gasteiger partial charge >= 0.3 is 0 Å². The Balaban J connectivity index is 2.82. The van der Waals surface area contributed by atoms with Crippen LogP contribution in [-0.2, 0) is 6.42 Å². The maximum atomic E-state index is 12.3. The summed E-state index contributed by atoms with van der Waals surface area (Å²) >= 11 is 0. The van der Waals surface area contributed by atoms with Gasteiger partial charge in [0.15, 0.2) is 0 Å². The molecular weight excluding hydrogens is 184 g/mol. The van der Waals surface area contributed by atoms with Gasteiger partial charge in [0.05, 0.1) is 6.04 Å². The lowest BCUT2D eigenvalue weighted by Gasteiger charge is -2.11. The number of alkyl halides is 2. The van der Waals surface area contributed by atoms with Gasteiger partial charge in [-0.25, -0.2) is 8.78 Å². The molecule has 0 aliphatic heterocycles. The summed E-state index contributed by atoms with van der Waals surface area (Å²) in [5.41, 5.74) is 6.94. The zero-order chi connectivity index (χ0) is 10.6. The van der Waals surface area contributed by atoms with Gasteiger partial charge in [0.1, 0.15) is 0 Å². The second kappa shape index (κ2) is 5.05. The first kappa shape index (κ1) is 11.1. The number of hydrogen-bond donors (Lipinski definition) is 1. The van der Waals surface area contributed by atoms with Crippen molar-refractivity contribution in [2.45, 2.75) is 32.2 Å². The molecular formula is C11H15F2N. The van der Waals surface area contributed by atoms with E-state index in [2.05, 4.69) is 6.92 Å². The van der Waals surface area contributed by atoms with Crippen molar-refractivity contribution in [3.63, 3.8) is 0 Å². The highest BCUT2D eigenvalue weighted by Crippen LogP contribution is 2.19. The van der Waals surface area contributed by atoms with Crippen molar-refractivity contribution in [2.75, 3.05) is 0 Å². The van der Waals surface area contributed by atoms with Gasteiger partial charge in [-0.1, -0.05) is 37.6 Å². The molecule has 0 aliphatic rings. The molecule has 1 nitrogen and oxygen atoms in total. The third kappa shape index (κ3) is 2.77. The van der Waals surface area contributed by atoms with Crippen LogP contribution in [0.25, 0.3) is 0 Å². The summed E-state index contributed by atoms with van der Waals surface area (Å²) in [5, 5.41) is 0. The van der Waals surface area contributed by atoms with E-state index in [0.717, 1.165) is 18.4 Å². The van der Waals surface area contributed by atoms with Crippen LogP contribution in [0.4, 0.5) is 8.78 Å². The van der Waals surface area contributed by atoms with E-state index < -0.39 is 12.5 Å². The normalized spacial score (nSPS) is 13.2. The van der Waals surface area contributed by atoms with Gasteiger partial charge in [0.2, 0.25) is 0 Å². The molecule has 0 spiro atoms. The summed E-state index contributed by atoms with van der Waals surface area (Å²) < 4.78 is 24.6. The molecule has 0 heterocycles. The number of benzene rings is 1. The van der Waals surface area contributed by atoms with E-state index in [0.29, 0.717) is 5.56 Å². The van der Waals surface area contributed by atoms with Gasteiger partial charge in [-0.15, -0.1) is 0 Å². The van der Waals surface area contributed by atoms with Crippen molar-refractivity contribution in [2.24, 2.45) is 5.73 Å². The Morgan fingerprint density at radius 3 is 2.64 bits per heavy atom. The number of hydrogen-bond acceptors (Lipinski definition) is 1. The van der Waals surface area contributed by atoms with E-state index in [-0.39, 0.29) is 0 Å². The fourth-order valence-corrected chi connectivity index (χ4v) is 1.39. The molecule has 78 valence electrons. The molecule has 0 radical (unpaired) electrons. The van der Waals surface area contributed by atoms with Crippen molar-refractivity contribution in [3.8, 4) is 0 Å². The maximum absolute atomic E-state index is 12.3. The summed E-state index contributed by atoms with van der Waals surface area (Å²) in [4.78, 5) is 0. The lowest BCUT2D eigenvalue weighted by Crippen LogP contribution is -2.18. The Morgan fingerprint density at radius 2 is 2.07 bits per heavy atom. The summed E-state index contributed by atoms with van der Waals surface area (Å²) in [6.45, 7) is 2.06. The fourth-order valence-electron chi connectivity index (χ4n) is 1.39. The Morgan fingerprint density at radius 1 is 1.36 bits per heavy atom. The molecule has 1 unspecified atom stereocenters. The smallest absolute Gasteiger partial charge is 0.257 e. The molecule has 1 aromatic carbocycles. The van der Waals surface area contributed by atoms with Crippen molar-refractivity contribution in [3.05, 3.63) is 35.4 Å². The predicted molar refractivity (Wildman–Crippen MR) is 53.4 cm³/mol. The average molecular weight is 199 g/mol. The van der Waals surface area contributed by atoms with E-state index in [4.69, 9.17) is 5.73 Å². The van der Waals surface area contributed by atoms with Crippen molar-refractivity contribution in [1.29, 1.82) is 0 Å². The maximum Gasteiger partial charge on any atom is 0.257 e. The topological polar surface area (TPSA) is 26.0 Å². The van der Waals surface area contributed by atoms with Crippen LogP contribution >= 0.6 is 0 Å². The standard InChI is InChI=1S/C11H15F2N/c1-2-4-8-5-3-6-9(7-8)10(14)11(12)13/h3,5-7,10-11H,2,4,14H2,1H3. The van der Waals surface area contributed by atoms with Crippen LogP contribution in [0.2, 0.25) is 0 Å². The molecule has 0 fully saturated rings. The van der Waals surface area contributed by atoms with Crippen LogP contribution in [0.15, 0.2) is 24.3 Å².